The molecular weight excluding hydrogens is 264 g/mol. The monoisotopic (exact) mass is 294 g/mol. The van der Waals surface area contributed by atoms with Gasteiger partial charge in [0, 0.05) is 24.5 Å². The Labute approximate surface area is 128 Å². The summed E-state index contributed by atoms with van der Waals surface area (Å²) in [5.41, 5.74) is 6.17. The van der Waals surface area contributed by atoms with Gasteiger partial charge in [-0.15, -0.1) is 0 Å². The van der Waals surface area contributed by atoms with Crippen LogP contribution in [0.4, 0.5) is 0 Å². The fourth-order valence-corrected chi connectivity index (χ4v) is 4.42. The minimum atomic E-state index is 0.0582. The van der Waals surface area contributed by atoms with Crippen LogP contribution in [-0.2, 0) is 9.53 Å². The van der Waals surface area contributed by atoms with Gasteiger partial charge in [-0.3, -0.25) is 4.79 Å². The Balaban J connectivity index is 1.42. The van der Waals surface area contributed by atoms with E-state index in [9.17, 15) is 4.79 Å². The predicted octanol–water partition coefficient (Wildman–Crippen LogP) is 2.21. The highest BCUT2D eigenvalue weighted by molar-refractivity contribution is 5.79. The maximum atomic E-state index is 12.4. The normalized spacial score (nSPS) is 42.2. The van der Waals surface area contributed by atoms with Crippen molar-refractivity contribution in [3.05, 3.63) is 0 Å². The lowest BCUT2D eigenvalue weighted by Gasteiger charge is -2.46. The third-order valence-corrected chi connectivity index (χ3v) is 5.94. The number of rotatable bonds is 5. The lowest BCUT2D eigenvalue weighted by atomic mass is 9.71. The van der Waals surface area contributed by atoms with Crippen molar-refractivity contribution in [3.8, 4) is 0 Å². The van der Waals surface area contributed by atoms with Crippen molar-refractivity contribution in [2.24, 2.45) is 23.5 Å². The SMILES string of the molecule is CCCCC1CCC(C(=O)NC2C(N)C3CCOC32)CC1. The van der Waals surface area contributed by atoms with Crippen LogP contribution in [0.25, 0.3) is 0 Å². The first kappa shape index (κ1) is 15.3. The smallest absolute Gasteiger partial charge is 0.223 e. The number of fused-ring (bicyclic) bond motifs is 1. The van der Waals surface area contributed by atoms with Gasteiger partial charge in [0.2, 0.25) is 5.91 Å². The molecule has 1 aliphatic heterocycles. The number of hydrogen-bond acceptors (Lipinski definition) is 3. The Kier molecular flexibility index (Phi) is 4.85. The van der Waals surface area contributed by atoms with E-state index < -0.39 is 0 Å². The molecule has 0 aromatic rings. The minimum Gasteiger partial charge on any atom is -0.376 e. The number of amides is 1. The number of nitrogens with two attached hydrogens (primary N) is 1. The van der Waals surface area contributed by atoms with Crippen LogP contribution < -0.4 is 11.1 Å². The van der Waals surface area contributed by atoms with Gasteiger partial charge in [0.25, 0.3) is 0 Å². The van der Waals surface area contributed by atoms with Gasteiger partial charge in [0.15, 0.2) is 0 Å². The molecule has 21 heavy (non-hydrogen) atoms. The van der Waals surface area contributed by atoms with Gasteiger partial charge in [-0.05, 0) is 38.0 Å². The van der Waals surface area contributed by atoms with Crippen molar-refractivity contribution in [1.29, 1.82) is 0 Å². The molecule has 0 spiro atoms. The molecule has 2 aliphatic carbocycles. The first-order chi connectivity index (χ1) is 10.2. The summed E-state index contributed by atoms with van der Waals surface area (Å²) in [4.78, 5) is 12.4. The Morgan fingerprint density at radius 1 is 1.24 bits per heavy atom. The lowest BCUT2D eigenvalue weighted by molar-refractivity contribution is -0.130. The average Bonchev–Trinajstić information content (AvgIpc) is 2.95. The molecule has 4 unspecified atom stereocenters. The molecular formula is C17H30N2O2. The molecule has 1 heterocycles. The quantitative estimate of drug-likeness (QED) is 0.817. The summed E-state index contributed by atoms with van der Waals surface area (Å²) >= 11 is 0. The van der Waals surface area contributed by atoms with Crippen LogP contribution in [0.5, 0.6) is 0 Å². The van der Waals surface area contributed by atoms with E-state index in [1.54, 1.807) is 0 Å². The number of carbonyl (C=O) groups excluding carboxylic acids is 1. The van der Waals surface area contributed by atoms with Crippen LogP contribution in [-0.4, -0.2) is 30.7 Å². The molecule has 2 saturated carbocycles. The Morgan fingerprint density at radius 2 is 2.00 bits per heavy atom. The van der Waals surface area contributed by atoms with E-state index in [2.05, 4.69) is 12.2 Å². The molecule has 4 nitrogen and oxygen atoms in total. The van der Waals surface area contributed by atoms with Crippen LogP contribution >= 0.6 is 0 Å². The van der Waals surface area contributed by atoms with E-state index in [0.717, 1.165) is 31.8 Å². The number of hydrogen-bond donors (Lipinski definition) is 2. The van der Waals surface area contributed by atoms with E-state index in [0.29, 0.717) is 5.92 Å². The van der Waals surface area contributed by atoms with E-state index in [-0.39, 0.29) is 30.0 Å². The molecule has 3 aliphatic rings. The molecule has 3 N–H and O–H groups in total. The minimum absolute atomic E-state index is 0.0582. The summed E-state index contributed by atoms with van der Waals surface area (Å²) in [5.74, 6) is 1.75. The zero-order chi connectivity index (χ0) is 14.8. The third-order valence-electron chi connectivity index (χ3n) is 5.94. The summed E-state index contributed by atoms with van der Waals surface area (Å²) in [7, 11) is 0. The highest BCUT2D eigenvalue weighted by atomic mass is 16.5. The van der Waals surface area contributed by atoms with Crippen LogP contribution in [0.3, 0.4) is 0 Å². The summed E-state index contributed by atoms with van der Waals surface area (Å²) in [5, 5.41) is 3.18. The van der Waals surface area contributed by atoms with Crippen molar-refractivity contribution in [3.63, 3.8) is 0 Å². The van der Waals surface area contributed by atoms with Crippen LogP contribution in [0.1, 0.15) is 58.3 Å². The summed E-state index contributed by atoms with van der Waals surface area (Å²) in [6, 6.07) is 0.158. The second-order valence-corrected chi connectivity index (χ2v) is 7.26. The van der Waals surface area contributed by atoms with Crippen molar-refractivity contribution < 1.29 is 9.53 Å². The maximum absolute atomic E-state index is 12.4. The van der Waals surface area contributed by atoms with Crippen LogP contribution in [0, 0.1) is 17.8 Å². The molecule has 1 saturated heterocycles. The van der Waals surface area contributed by atoms with Gasteiger partial charge < -0.3 is 15.8 Å². The molecule has 0 aromatic heterocycles. The number of ether oxygens (including phenoxy) is 1. The van der Waals surface area contributed by atoms with Gasteiger partial charge in [0.05, 0.1) is 12.1 Å². The Morgan fingerprint density at radius 3 is 2.71 bits per heavy atom. The molecule has 1 amide bonds. The van der Waals surface area contributed by atoms with E-state index in [4.69, 9.17) is 10.5 Å². The highest BCUT2D eigenvalue weighted by Gasteiger charge is 2.53. The van der Waals surface area contributed by atoms with Gasteiger partial charge in [-0.2, -0.15) is 0 Å². The van der Waals surface area contributed by atoms with E-state index in [1.165, 1.54) is 32.1 Å². The largest absolute Gasteiger partial charge is 0.376 e. The van der Waals surface area contributed by atoms with E-state index >= 15 is 0 Å². The average molecular weight is 294 g/mol. The number of nitrogens with one attached hydrogen (secondary N) is 1. The summed E-state index contributed by atoms with van der Waals surface area (Å²) in [6.45, 7) is 3.05. The topological polar surface area (TPSA) is 64.4 Å². The summed E-state index contributed by atoms with van der Waals surface area (Å²) < 4.78 is 5.69. The fraction of sp³-hybridized carbons (Fsp3) is 0.941. The van der Waals surface area contributed by atoms with Gasteiger partial charge in [-0.25, -0.2) is 0 Å². The van der Waals surface area contributed by atoms with Crippen molar-refractivity contribution >= 4 is 5.91 Å². The second-order valence-electron chi connectivity index (χ2n) is 7.26. The zero-order valence-corrected chi connectivity index (χ0v) is 13.2. The van der Waals surface area contributed by atoms with Crippen molar-refractivity contribution in [2.75, 3.05) is 6.61 Å². The number of carbonyl (C=O) groups is 1. The Bertz CT molecular complexity index is 366. The molecule has 4 atom stereocenters. The third kappa shape index (κ3) is 3.11. The Hall–Kier alpha value is -0.610. The maximum Gasteiger partial charge on any atom is 0.223 e. The van der Waals surface area contributed by atoms with Crippen molar-refractivity contribution in [1.82, 2.24) is 5.32 Å². The number of unbranched alkanes of at least 4 members (excludes halogenated alkanes) is 1. The zero-order valence-electron chi connectivity index (χ0n) is 13.2. The molecule has 3 rings (SSSR count). The fourth-order valence-electron chi connectivity index (χ4n) is 4.42. The molecule has 4 heteroatoms. The van der Waals surface area contributed by atoms with Crippen LogP contribution in [0.15, 0.2) is 0 Å². The van der Waals surface area contributed by atoms with Crippen molar-refractivity contribution in [2.45, 2.75) is 76.5 Å². The molecule has 0 radical (unpaired) electrons. The molecule has 3 fully saturated rings. The molecule has 120 valence electrons. The van der Waals surface area contributed by atoms with Gasteiger partial charge in [0.1, 0.15) is 0 Å². The van der Waals surface area contributed by atoms with Crippen LogP contribution in [0.2, 0.25) is 0 Å². The lowest BCUT2D eigenvalue weighted by Crippen LogP contribution is -2.69. The van der Waals surface area contributed by atoms with Gasteiger partial charge in [-0.1, -0.05) is 26.2 Å². The molecule has 0 bridgehead atoms. The van der Waals surface area contributed by atoms with E-state index in [1.807, 2.05) is 0 Å². The highest BCUT2D eigenvalue weighted by Crippen LogP contribution is 2.38. The predicted molar refractivity (Wildman–Crippen MR) is 82.7 cm³/mol. The summed E-state index contributed by atoms with van der Waals surface area (Å²) in [6.07, 6.45) is 9.74. The first-order valence-electron chi connectivity index (χ1n) is 8.88. The molecule has 0 aromatic carbocycles. The van der Waals surface area contributed by atoms with Gasteiger partial charge >= 0.3 is 0 Å². The first-order valence-corrected chi connectivity index (χ1v) is 8.88. The standard InChI is InChI=1S/C17H30N2O2/c1-2-3-4-11-5-7-12(8-6-11)17(20)19-15-14(18)13-9-10-21-16(13)15/h11-16H,2-10,18H2,1H3,(H,19,20). The second kappa shape index (κ2) is 6.66.